The number of aliphatic hydroxyl groups is 1. The molecule has 0 aromatic rings. The minimum atomic E-state index is -0.833. The highest BCUT2D eigenvalue weighted by molar-refractivity contribution is 4.54. The second kappa shape index (κ2) is 2.41. The molecule has 0 radical (unpaired) electrons. The van der Waals surface area contributed by atoms with Gasteiger partial charge in [-0.25, -0.2) is 10.9 Å². The molecule has 48 valence electrons. The summed E-state index contributed by atoms with van der Waals surface area (Å²) in [6, 6.07) is 0. The van der Waals surface area contributed by atoms with Gasteiger partial charge in [0.15, 0.2) is 0 Å². The Kier molecular flexibility index (Phi) is 1.80. The Hall–Kier alpha value is -0.160. The molecule has 4 heteroatoms. The molecule has 0 amide bonds. The van der Waals surface area contributed by atoms with Gasteiger partial charge >= 0.3 is 0 Å². The van der Waals surface area contributed by atoms with E-state index in [0.717, 1.165) is 6.42 Å². The normalized spacial score (nSPS) is 38.2. The fraction of sp³-hybridized carbons (Fsp3) is 1.00. The van der Waals surface area contributed by atoms with Crippen LogP contribution in [0.5, 0.6) is 0 Å². The maximum Gasteiger partial charge on any atom is 0.227 e. The average Bonchev–Trinajstić information content (AvgIpc) is 2.14. The molecule has 1 heterocycles. The van der Waals surface area contributed by atoms with Crippen molar-refractivity contribution in [2.24, 2.45) is 0 Å². The van der Waals surface area contributed by atoms with E-state index in [1.807, 2.05) is 6.92 Å². The summed E-state index contributed by atoms with van der Waals surface area (Å²) in [5.41, 5.74) is 5.24. The summed E-state index contributed by atoms with van der Waals surface area (Å²) in [4.78, 5) is 0. The van der Waals surface area contributed by atoms with Gasteiger partial charge in [0.05, 0.1) is 0 Å². The van der Waals surface area contributed by atoms with Gasteiger partial charge in [-0.15, -0.1) is 0 Å². The van der Waals surface area contributed by atoms with Gasteiger partial charge in [0.2, 0.25) is 6.41 Å². The number of hydrogen-bond donors (Lipinski definition) is 3. The van der Waals surface area contributed by atoms with Crippen molar-refractivity contribution in [1.29, 1.82) is 0 Å². The summed E-state index contributed by atoms with van der Waals surface area (Å²) in [6.07, 6.45) is -0.0192. The van der Waals surface area contributed by atoms with Crippen LogP contribution in [0.2, 0.25) is 0 Å². The third-order valence-corrected chi connectivity index (χ3v) is 1.03. The third-order valence-electron chi connectivity index (χ3n) is 1.03. The molecule has 1 aliphatic rings. The highest BCUT2D eigenvalue weighted by Crippen LogP contribution is 1.99. The van der Waals surface area contributed by atoms with Gasteiger partial charge in [0.25, 0.3) is 0 Å². The number of ether oxygens (including phenoxy) is 1. The summed E-state index contributed by atoms with van der Waals surface area (Å²) < 4.78 is 4.84. The second-order valence-electron chi connectivity index (χ2n) is 1.67. The lowest BCUT2D eigenvalue weighted by Gasteiger charge is -2.02. The molecule has 3 N–H and O–H groups in total. The zero-order valence-electron chi connectivity index (χ0n) is 4.72. The van der Waals surface area contributed by atoms with Crippen LogP contribution in [0.15, 0.2) is 0 Å². The van der Waals surface area contributed by atoms with Gasteiger partial charge in [-0.3, -0.25) is 0 Å². The van der Waals surface area contributed by atoms with Crippen molar-refractivity contribution in [3.63, 3.8) is 0 Å². The largest absolute Gasteiger partial charge is 0.355 e. The van der Waals surface area contributed by atoms with E-state index >= 15 is 0 Å². The monoisotopic (exact) mass is 118 g/mol. The summed E-state index contributed by atoms with van der Waals surface area (Å²) in [5, 5.41) is 8.63. The Bertz CT molecular complexity index is 78.4. The lowest BCUT2D eigenvalue weighted by molar-refractivity contribution is -0.101. The molecular weight excluding hydrogens is 108 g/mol. The number of aliphatic hydroxyl groups excluding tert-OH is 1. The molecule has 2 unspecified atom stereocenters. The van der Waals surface area contributed by atoms with E-state index in [4.69, 9.17) is 9.84 Å². The smallest absolute Gasteiger partial charge is 0.227 e. The molecule has 0 aromatic carbocycles. The molecule has 1 aliphatic heterocycles. The molecule has 4 nitrogen and oxygen atoms in total. The predicted octanol–water partition coefficient (Wildman–Crippen LogP) is -0.877. The Labute approximate surface area is 47.8 Å². The minimum absolute atomic E-state index is 0.0370. The number of rotatable bonds is 1. The second-order valence-corrected chi connectivity index (χ2v) is 1.67. The molecule has 0 aliphatic carbocycles. The lowest BCUT2D eigenvalue weighted by atomic mass is 10.4. The predicted molar refractivity (Wildman–Crippen MR) is 27.4 cm³/mol. The summed E-state index contributed by atoms with van der Waals surface area (Å²) in [5.74, 6) is 0. The highest BCUT2D eigenvalue weighted by Gasteiger charge is 2.18. The van der Waals surface area contributed by atoms with Crippen LogP contribution >= 0.6 is 0 Å². The van der Waals surface area contributed by atoms with E-state index in [2.05, 4.69) is 10.9 Å². The van der Waals surface area contributed by atoms with Crippen molar-refractivity contribution >= 4 is 0 Å². The van der Waals surface area contributed by atoms with Crippen LogP contribution in [0.1, 0.15) is 13.3 Å². The van der Waals surface area contributed by atoms with Crippen LogP contribution in [-0.4, -0.2) is 17.7 Å². The van der Waals surface area contributed by atoms with Crippen molar-refractivity contribution in [2.75, 3.05) is 0 Å². The fourth-order valence-corrected chi connectivity index (χ4v) is 0.586. The zero-order chi connectivity index (χ0) is 5.98. The molecule has 1 rings (SSSR count). The van der Waals surface area contributed by atoms with Gasteiger partial charge in [-0.05, 0) is 6.42 Å². The van der Waals surface area contributed by atoms with Gasteiger partial charge in [0.1, 0.15) is 6.23 Å². The summed E-state index contributed by atoms with van der Waals surface area (Å²) in [7, 11) is 0. The van der Waals surface area contributed by atoms with E-state index in [1.54, 1.807) is 0 Å². The molecule has 2 atom stereocenters. The Morgan fingerprint density at radius 2 is 2.38 bits per heavy atom. The van der Waals surface area contributed by atoms with Gasteiger partial charge in [0, 0.05) is 0 Å². The first-order valence-electron chi connectivity index (χ1n) is 2.67. The van der Waals surface area contributed by atoms with Crippen molar-refractivity contribution < 1.29 is 9.84 Å². The molecule has 0 spiro atoms. The van der Waals surface area contributed by atoms with Crippen molar-refractivity contribution in [3.8, 4) is 0 Å². The van der Waals surface area contributed by atoms with Crippen LogP contribution < -0.4 is 10.9 Å². The van der Waals surface area contributed by atoms with Gasteiger partial charge < -0.3 is 9.84 Å². The van der Waals surface area contributed by atoms with Crippen LogP contribution in [0.4, 0.5) is 0 Å². The first-order valence-corrected chi connectivity index (χ1v) is 2.67. The van der Waals surface area contributed by atoms with E-state index in [1.165, 1.54) is 0 Å². The summed E-state index contributed by atoms with van der Waals surface area (Å²) >= 11 is 0. The van der Waals surface area contributed by atoms with Crippen LogP contribution in [-0.2, 0) is 4.74 Å². The first kappa shape index (κ1) is 5.97. The van der Waals surface area contributed by atoms with Crippen molar-refractivity contribution in [2.45, 2.75) is 26.0 Å². The standard InChI is InChI=1S/C4H10N2O2/c1-2-3-5-6-4(7)8-3/h3-7H,2H2,1H3. The Morgan fingerprint density at radius 1 is 1.62 bits per heavy atom. The van der Waals surface area contributed by atoms with E-state index in [9.17, 15) is 0 Å². The molecule has 1 saturated heterocycles. The lowest BCUT2D eigenvalue weighted by Crippen LogP contribution is -2.32. The third kappa shape index (κ3) is 1.16. The fourth-order valence-electron chi connectivity index (χ4n) is 0.586. The number of nitrogens with one attached hydrogen (secondary N) is 2. The quantitative estimate of drug-likeness (QED) is 0.418. The molecule has 8 heavy (non-hydrogen) atoms. The van der Waals surface area contributed by atoms with E-state index in [-0.39, 0.29) is 6.23 Å². The molecular formula is C4H10N2O2. The highest BCUT2D eigenvalue weighted by atomic mass is 16.7. The van der Waals surface area contributed by atoms with Crippen molar-refractivity contribution in [1.82, 2.24) is 10.9 Å². The first-order chi connectivity index (χ1) is 3.83. The van der Waals surface area contributed by atoms with Gasteiger partial charge in [-0.1, -0.05) is 6.92 Å². The molecule has 1 fully saturated rings. The maximum absolute atomic E-state index is 8.63. The van der Waals surface area contributed by atoms with E-state index in [0.29, 0.717) is 0 Å². The zero-order valence-corrected chi connectivity index (χ0v) is 4.72. The van der Waals surface area contributed by atoms with E-state index < -0.39 is 6.41 Å². The maximum atomic E-state index is 8.63. The SMILES string of the molecule is CCC1NNC(O)O1. The molecule has 0 bridgehead atoms. The Morgan fingerprint density at radius 3 is 2.62 bits per heavy atom. The average molecular weight is 118 g/mol. The van der Waals surface area contributed by atoms with Crippen LogP contribution in [0, 0.1) is 0 Å². The van der Waals surface area contributed by atoms with Crippen LogP contribution in [0.3, 0.4) is 0 Å². The Balaban J connectivity index is 2.22. The summed E-state index contributed by atoms with van der Waals surface area (Å²) in [6.45, 7) is 1.97. The molecule has 0 saturated carbocycles. The number of hydrogen-bond acceptors (Lipinski definition) is 4. The van der Waals surface area contributed by atoms with Crippen molar-refractivity contribution in [3.05, 3.63) is 0 Å². The molecule has 0 aromatic heterocycles. The van der Waals surface area contributed by atoms with Gasteiger partial charge in [-0.2, -0.15) is 0 Å². The topological polar surface area (TPSA) is 53.5 Å². The van der Waals surface area contributed by atoms with Crippen LogP contribution in [0.25, 0.3) is 0 Å². The minimum Gasteiger partial charge on any atom is -0.355 e. The number of hydrazine groups is 1.